The van der Waals surface area contributed by atoms with Crippen molar-refractivity contribution in [2.24, 2.45) is 0 Å². The second-order valence-corrected chi connectivity index (χ2v) is 6.99. The van der Waals surface area contributed by atoms with Crippen molar-refractivity contribution >= 4 is 22.9 Å². The molecule has 2 aromatic carbocycles. The standard InChI is InChI=1S/C21H21N3O4/c25-10-9-24-13-22-18-11-14(5-6-19(18)24)20(26)23-8-7-15(12-23)16-3-1-2-4-17(16)21(27)28/h1-6,11,13,15,25H,7-10,12H2,(H,27,28). The van der Waals surface area contributed by atoms with Crippen LogP contribution >= 0.6 is 0 Å². The summed E-state index contributed by atoms with van der Waals surface area (Å²) in [6, 6.07) is 12.4. The van der Waals surface area contributed by atoms with Gasteiger partial charge in [-0.15, -0.1) is 0 Å². The molecule has 3 aromatic rings. The molecule has 0 bridgehead atoms. The Kier molecular flexibility index (Phi) is 4.83. The van der Waals surface area contributed by atoms with Crippen LogP contribution < -0.4 is 0 Å². The lowest BCUT2D eigenvalue weighted by Gasteiger charge is -2.17. The number of imidazole rings is 1. The number of likely N-dealkylation sites (tertiary alicyclic amines) is 1. The average Bonchev–Trinajstić information content (AvgIpc) is 3.35. The number of aliphatic hydroxyl groups is 1. The van der Waals surface area contributed by atoms with Crippen molar-refractivity contribution in [3.8, 4) is 0 Å². The zero-order valence-electron chi connectivity index (χ0n) is 15.3. The van der Waals surface area contributed by atoms with Gasteiger partial charge in [-0.3, -0.25) is 4.79 Å². The fraction of sp³-hybridized carbons (Fsp3) is 0.286. The van der Waals surface area contributed by atoms with Gasteiger partial charge < -0.3 is 19.7 Å². The van der Waals surface area contributed by atoms with Crippen LogP contribution in [0.4, 0.5) is 0 Å². The van der Waals surface area contributed by atoms with Crippen LogP contribution in [0.3, 0.4) is 0 Å². The molecule has 0 radical (unpaired) electrons. The number of carbonyl (C=O) groups excluding carboxylic acids is 1. The molecule has 2 heterocycles. The highest BCUT2D eigenvalue weighted by Crippen LogP contribution is 2.30. The summed E-state index contributed by atoms with van der Waals surface area (Å²) in [5.74, 6) is -0.998. The molecule has 1 aliphatic heterocycles. The molecule has 1 atom stereocenters. The fourth-order valence-electron chi connectivity index (χ4n) is 3.91. The summed E-state index contributed by atoms with van der Waals surface area (Å²) in [5, 5.41) is 18.5. The van der Waals surface area contributed by atoms with Crippen molar-refractivity contribution in [2.75, 3.05) is 19.7 Å². The number of aromatic nitrogens is 2. The van der Waals surface area contributed by atoms with Gasteiger partial charge in [-0.1, -0.05) is 18.2 Å². The maximum absolute atomic E-state index is 13.0. The number of hydrogen-bond acceptors (Lipinski definition) is 4. The molecule has 1 saturated heterocycles. The third-order valence-corrected chi connectivity index (χ3v) is 5.32. The van der Waals surface area contributed by atoms with Crippen molar-refractivity contribution < 1.29 is 19.8 Å². The minimum atomic E-state index is -0.940. The SMILES string of the molecule is O=C(O)c1ccccc1C1CCN(C(=O)c2ccc3c(c2)ncn3CCO)C1. The van der Waals surface area contributed by atoms with Gasteiger partial charge in [0.1, 0.15) is 0 Å². The topological polar surface area (TPSA) is 95.7 Å². The van der Waals surface area contributed by atoms with Gasteiger partial charge in [0.15, 0.2) is 0 Å². The first kappa shape index (κ1) is 18.2. The molecule has 28 heavy (non-hydrogen) atoms. The minimum absolute atomic E-state index is 0.0174. The molecule has 144 valence electrons. The van der Waals surface area contributed by atoms with Crippen LogP contribution in [0.1, 0.15) is 38.6 Å². The first-order valence-electron chi connectivity index (χ1n) is 9.25. The Balaban J connectivity index is 1.54. The number of aromatic carboxylic acids is 1. The van der Waals surface area contributed by atoms with Crippen LogP contribution in [0, 0.1) is 0 Å². The van der Waals surface area contributed by atoms with Crippen molar-refractivity contribution in [2.45, 2.75) is 18.9 Å². The van der Waals surface area contributed by atoms with Crippen molar-refractivity contribution in [3.05, 3.63) is 65.5 Å². The maximum Gasteiger partial charge on any atom is 0.335 e. The van der Waals surface area contributed by atoms with Crippen molar-refractivity contribution in [1.29, 1.82) is 0 Å². The number of hydrogen-bond donors (Lipinski definition) is 2. The van der Waals surface area contributed by atoms with Crippen LogP contribution in [0.5, 0.6) is 0 Å². The van der Waals surface area contributed by atoms with Gasteiger partial charge in [-0.25, -0.2) is 9.78 Å². The van der Waals surface area contributed by atoms with E-state index in [9.17, 15) is 14.7 Å². The summed E-state index contributed by atoms with van der Waals surface area (Å²) in [6.45, 7) is 1.58. The largest absolute Gasteiger partial charge is 0.478 e. The molecule has 1 amide bonds. The first-order chi connectivity index (χ1) is 13.6. The van der Waals surface area contributed by atoms with E-state index >= 15 is 0 Å². The van der Waals surface area contributed by atoms with Gasteiger partial charge in [0.2, 0.25) is 0 Å². The summed E-state index contributed by atoms with van der Waals surface area (Å²) in [5.41, 5.74) is 3.24. The molecule has 1 aliphatic rings. The van der Waals surface area contributed by atoms with E-state index in [0.29, 0.717) is 36.3 Å². The van der Waals surface area contributed by atoms with E-state index in [0.717, 1.165) is 17.5 Å². The number of carbonyl (C=O) groups is 2. The lowest BCUT2D eigenvalue weighted by molar-refractivity contribution is 0.0695. The second-order valence-electron chi connectivity index (χ2n) is 6.99. The van der Waals surface area contributed by atoms with Gasteiger partial charge in [-0.2, -0.15) is 0 Å². The lowest BCUT2D eigenvalue weighted by atomic mass is 9.93. The number of nitrogens with zero attached hydrogens (tertiary/aromatic N) is 3. The van der Waals surface area contributed by atoms with Crippen LogP contribution in [0.25, 0.3) is 11.0 Å². The van der Waals surface area contributed by atoms with Crippen molar-refractivity contribution in [1.82, 2.24) is 14.5 Å². The fourth-order valence-corrected chi connectivity index (χ4v) is 3.91. The third kappa shape index (κ3) is 3.25. The Bertz CT molecular complexity index is 1040. The van der Waals surface area contributed by atoms with Crippen molar-refractivity contribution in [3.63, 3.8) is 0 Å². The molecule has 4 rings (SSSR count). The second kappa shape index (κ2) is 7.44. The lowest BCUT2D eigenvalue weighted by Crippen LogP contribution is -2.28. The van der Waals surface area contributed by atoms with E-state index in [-0.39, 0.29) is 18.4 Å². The smallest absolute Gasteiger partial charge is 0.335 e. The molecule has 7 nitrogen and oxygen atoms in total. The first-order valence-corrected chi connectivity index (χ1v) is 9.25. The van der Waals surface area contributed by atoms with E-state index in [1.54, 1.807) is 35.5 Å². The molecule has 1 fully saturated rings. The normalized spacial score (nSPS) is 16.6. The van der Waals surface area contributed by atoms with Gasteiger partial charge in [0.05, 0.1) is 29.5 Å². The molecule has 2 N–H and O–H groups in total. The van der Waals surface area contributed by atoms with E-state index in [2.05, 4.69) is 4.98 Å². The number of aliphatic hydroxyl groups excluding tert-OH is 1. The Hall–Kier alpha value is -3.19. The quantitative estimate of drug-likeness (QED) is 0.710. The van der Waals surface area contributed by atoms with Gasteiger partial charge in [0, 0.05) is 31.1 Å². The molecular weight excluding hydrogens is 358 g/mol. The number of rotatable bonds is 5. The molecule has 1 unspecified atom stereocenters. The summed E-state index contributed by atoms with van der Waals surface area (Å²) >= 11 is 0. The zero-order valence-corrected chi connectivity index (χ0v) is 15.3. The highest BCUT2D eigenvalue weighted by Gasteiger charge is 2.30. The van der Waals surface area contributed by atoms with Crippen LogP contribution in [0.2, 0.25) is 0 Å². The Morgan fingerprint density at radius 2 is 2.00 bits per heavy atom. The molecule has 0 saturated carbocycles. The molecule has 0 spiro atoms. The number of carboxylic acid groups (broad SMARTS) is 1. The van der Waals surface area contributed by atoms with E-state index in [1.807, 2.05) is 22.8 Å². The highest BCUT2D eigenvalue weighted by atomic mass is 16.4. The van der Waals surface area contributed by atoms with E-state index in [4.69, 9.17) is 5.11 Å². The molecule has 0 aliphatic carbocycles. The zero-order chi connectivity index (χ0) is 19.7. The number of fused-ring (bicyclic) bond motifs is 1. The summed E-state index contributed by atoms with van der Waals surface area (Å²) in [4.78, 5) is 30.5. The number of benzene rings is 2. The molecule has 7 heteroatoms. The molecular formula is C21H21N3O4. The summed E-state index contributed by atoms with van der Waals surface area (Å²) in [7, 11) is 0. The monoisotopic (exact) mass is 379 g/mol. The van der Waals surface area contributed by atoms with Gasteiger partial charge >= 0.3 is 5.97 Å². The Morgan fingerprint density at radius 3 is 2.79 bits per heavy atom. The van der Waals surface area contributed by atoms with E-state index in [1.165, 1.54) is 0 Å². The predicted molar refractivity (Wildman–Crippen MR) is 103 cm³/mol. The maximum atomic E-state index is 13.0. The predicted octanol–water partition coefficient (Wildman–Crippen LogP) is 2.36. The van der Waals surface area contributed by atoms with Crippen LogP contribution in [0.15, 0.2) is 48.8 Å². The number of carboxylic acids is 1. The Labute approximate surface area is 161 Å². The Morgan fingerprint density at radius 1 is 1.18 bits per heavy atom. The summed E-state index contributed by atoms with van der Waals surface area (Å²) in [6.07, 6.45) is 2.40. The van der Waals surface area contributed by atoms with Crippen LogP contribution in [-0.4, -0.2) is 56.2 Å². The summed E-state index contributed by atoms with van der Waals surface area (Å²) < 4.78 is 1.85. The average molecular weight is 379 g/mol. The number of amides is 1. The van der Waals surface area contributed by atoms with Crippen LogP contribution in [-0.2, 0) is 6.54 Å². The van der Waals surface area contributed by atoms with E-state index < -0.39 is 5.97 Å². The van der Waals surface area contributed by atoms with Gasteiger partial charge in [-0.05, 0) is 36.2 Å². The third-order valence-electron chi connectivity index (χ3n) is 5.32. The minimum Gasteiger partial charge on any atom is -0.478 e. The van der Waals surface area contributed by atoms with Gasteiger partial charge in [0.25, 0.3) is 5.91 Å². The molecule has 1 aromatic heterocycles. The highest BCUT2D eigenvalue weighted by molar-refractivity contribution is 5.97.